The lowest BCUT2D eigenvalue weighted by Crippen LogP contribution is -2.56. The van der Waals surface area contributed by atoms with Crippen LogP contribution >= 0.6 is 0 Å². The highest BCUT2D eigenvalue weighted by Crippen LogP contribution is 2.31. The van der Waals surface area contributed by atoms with Crippen molar-refractivity contribution in [2.75, 3.05) is 6.61 Å². The van der Waals surface area contributed by atoms with Crippen molar-refractivity contribution in [3.63, 3.8) is 0 Å². The van der Waals surface area contributed by atoms with E-state index in [-0.39, 0.29) is 18.1 Å². The van der Waals surface area contributed by atoms with E-state index in [0.717, 1.165) is 25.0 Å². The first-order chi connectivity index (χ1) is 7.65. The first-order valence-corrected chi connectivity index (χ1v) is 5.51. The summed E-state index contributed by atoms with van der Waals surface area (Å²) in [4.78, 5) is 15.9. The molecule has 16 heavy (non-hydrogen) atoms. The fourth-order valence-corrected chi connectivity index (χ4v) is 1.84. The largest absolute Gasteiger partial charge is 0.394 e. The zero-order chi connectivity index (χ0) is 11.6. The van der Waals surface area contributed by atoms with Gasteiger partial charge >= 0.3 is 0 Å². The van der Waals surface area contributed by atoms with Gasteiger partial charge in [-0.15, -0.1) is 0 Å². The lowest BCUT2D eigenvalue weighted by atomic mass is 9.77. The van der Waals surface area contributed by atoms with Crippen LogP contribution in [0.2, 0.25) is 0 Å². The van der Waals surface area contributed by atoms with Gasteiger partial charge in [-0.1, -0.05) is 0 Å². The number of carbonyl (C=O) groups is 1. The Bertz CT molecular complexity index is 377. The van der Waals surface area contributed by atoms with Crippen LogP contribution in [0.4, 0.5) is 0 Å². The second-order valence-electron chi connectivity index (χ2n) is 4.43. The molecular formula is C12H16N2O2. The maximum absolute atomic E-state index is 11.9. The fraction of sp³-hybridized carbons (Fsp3) is 0.500. The Morgan fingerprint density at radius 3 is 2.75 bits per heavy atom. The van der Waals surface area contributed by atoms with Crippen LogP contribution in [0.1, 0.15) is 35.3 Å². The molecule has 4 heteroatoms. The number of amides is 1. The van der Waals surface area contributed by atoms with Gasteiger partial charge in [0.2, 0.25) is 0 Å². The number of aliphatic hydroxyl groups excluding tert-OH is 1. The first-order valence-electron chi connectivity index (χ1n) is 5.51. The van der Waals surface area contributed by atoms with Gasteiger partial charge in [0.1, 0.15) is 0 Å². The van der Waals surface area contributed by atoms with Gasteiger partial charge in [0.15, 0.2) is 0 Å². The molecule has 2 rings (SSSR count). The Kier molecular flexibility index (Phi) is 2.92. The zero-order valence-electron chi connectivity index (χ0n) is 9.36. The molecule has 0 aliphatic heterocycles. The Labute approximate surface area is 94.7 Å². The second-order valence-corrected chi connectivity index (χ2v) is 4.43. The monoisotopic (exact) mass is 220 g/mol. The molecular weight excluding hydrogens is 204 g/mol. The summed E-state index contributed by atoms with van der Waals surface area (Å²) in [6.45, 7) is 1.89. The van der Waals surface area contributed by atoms with Gasteiger partial charge < -0.3 is 10.4 Å². The van der Waals surface area contributed by atoms with Crippen molar-refractivity contribution in [2.24, 2.45) is 0 Å². The summed E-state index contributed by atoms with van der Waals surface area (Å²) in [6.07, 6.45) is 4.34. The van der Waals surface area contributed by atoms with Gasteiger partial charge in [0, 0.05) is 11.9 Å². The van der Waals surface area contributed by atoms with Crippen LogP contribution in [-0.4, -0.2) is 28.1 Å². The normalized spacial score (nSPS) is 17.6. The maximum Gasteiger partial charge on any atom is 0.253 e. The van der Waals surface area contributed by atoms with Crippen LogP contribution in [0.25, 0.3) is 0 Å². The first kappa shape index (κ1) is 11.1. The topological polar surface area (TPSA) is 62.2 Å². The van der Waals surface area contributed by atoms with Gasteiger partial charge in [-0.2, -0.15) is 0 Å². The predicted octanol–water partition coefficient (Wildman–Crippen LogP) is 1.03. The predicted molar refractivity (Wildman–Crippen MR) is 60.1 cm³/mol. The molecule has 1 fully saturated rings. The van der Waals surface area contributed by atoms with Crippen molar-refractivity contribution in [3.8, 4) is 0 Å². The van der Waals surface area contributed by atoms with Gasteiger partial charge in [-0.05, 0) is 38.3 Å². The smallest absolute Gasteiger partial charge is 0.253 e. The van der Waals surface area contributed by atoms with Crippen molar-refractivity contribution < 1.29 is 9.90 Å². The number of rotatable bonds is 3. The number of aromatic nitrogens is 1. The van der Waals surface area contributed by atoms with E-state index in [9.17, 15) is 9.90 Å². The summed E-state index contributed by atoms with van der Waals surface area (Å²) in [5.41, 5.74) is 1.05. The molecule has 1 aliphatic rings. The van der Waals surface area contributed by atoms with E-state index >= 15 is 0 Å². The number of hydrogen-bond acceptors (Lipinski definition) is 3. The van der Waals surface area contributed by atoms with E-state index in [1.807, 2.05) is 6.92 Å². The molecule has 0 aromatic carbocycles. The summed E-state index contributed by atoms with van der Waals surface area (Å²) in [7, 11) is 0. The fourth-order valence-electron chi connectivity index (χ4n) is 1.84. The highest BCUT2D eigenvalue weighted by Gasteiger charge is 2.37. The van der Waals surface area contributed by atoms with Crippen LogP contribution in [0.15, 0.2) is 18.3 Å². The molecule has 0 spiro atoms. The minimum absolute atomic E-state index is 0.0119. The molecule has 0 saturated heterocycles. The van der Waals surface area contributed by atoms with Crippen LogP contribution in [0, 0.1) is 6.92 Å². The van der Waals surface area contributed by atoms with E-state index < -0.39 is 0 Å². The number of carbonyl (C=O) groups excluding carboxylic acids is 1. The molecule has 86 valence electrons. The average molecular weight is 220 g/mol. The van der Waals surface area contributed by atoms with Crippen molar-refractivity contribution in [1.29, 1.82) is 0 Å². The maximum atomic E-state index is 11.9. The van der Waals surface area contributed by atoms with Gasteiger partial charge in [-0.25, -0.2) is 0 Å². The van der Waals surface area contributed by atoms with Crippen molar-refractivity contribution in [3.05, 3.63) is 29.6 Å². The molecule has 1 heterocycles. The molecule has 0 unspecified atom stereocenters. The number of nitrogens with one attached hydrogen (secondary N) is 1. The molecule has 1 aromatic heterocycles. The molecule has 1 saturated carbocycles. The highest BCUT2D eigenvalue weighted by molar-refractivity contribution is 5.94. The quantitative estimate of drug-likeness (QED) is 0.800. The molecule has 0 atom stereocenters. The number of pyridine rings is 1. The van der Waals surface area contributed by atoms with E-state index in [2.05, 4.69) is 10.3 Å². The van der Waals surface area contributed by atoms with E-state index in [4.69, 9.17) is 0 Å². The Balaban J connectivity index is 2.05. The van der Waals surface area contributed by atoms with Crippen LogP contribution in [-0.2, 0) is 0 Å². The minimum atomic E-state index is -0.387. The van der Waals surface area contributed by atoms with Crippen molar-refractivity contribution >= 4 is 5.91 Å². The summed E-state index contributed by atoms with van der Waals surface area (Å²) < 4.78 is 0. The second kappa shape index (κ2) is 4.22. The third-order valence-electron chi connectivity index (χ3n) is 3.17. The lowest BCUT2D eigenvalue weighted by molar-refractivity contribution is 0.0641. The van der Waals surface area contributed by atoms with E-state index in [1.165, 1.54) is 0 Å². The van der Waals surface area contributed by atoms with Gasteiger partial charge in [0.25, 0.3) is 5.91 Å². The summed E-state index contributed by atoms with van der Waals surface area (Å²) in [5.74, 6) is -0.152. The standard InChI is InChI=1S/C12H16N2O2/c1-9-3-4-10(7-13-9)11(16)14-12(8-15)5-2-6-12/h3-4,7,15H,2,5-6,8H2,1H3,(H,14,16). The van der Waals surface area contributed by atoms with Crippen LogP contribution < -0.4 is 5.32 Å². The molecule has 0 radical (unpaired) electrons. The summed E-state index contributed by atoms with van der Waals surface area (Å²) in [6, 6.07) is 3.56. The number of aryl methyl sites for hydroxylation is 1. The third-order valence-corrected chi connectivity index (χ3v) is 3.17. The Morgan fingerprint density at radius 1 is 1.56 bits per heavy atom. The zero-order valence-corrected chi connectivity index (χ0v) is 9.36. The number of aliphatic hydroxyl groups is 1. The molecule has 1 aromatic rings. The number of hydrogen-bond donors (Lipinski definition) is 2. The van der Waals surface area contributed by atoms with Crippen LogP contribution in [0.5, 0.6) is 0 Å². The van der Waals surface area contributed by atoms with E-state index in [0.29, 0.717) is 5.56 Å². The number of nitrogens with zero attached hydrogens (tertiary/aromatic N) is 1. The average Bonchev–Trinajstić information content (AvgIpc) is 2.24. The molecule has 1 amide bonds. The van der Waals surface area contributed by atoms with Crippen molar-refractivity contribution in [2.45, 2.75) is 31.7 Å². The molecule has 1 aliphatic carbocycles. The summed E-state index contributed by atoms with van der Waals surface area (Å²) in [5, 5.41) is 12.1. The van der Waals surface area contributed by atoms with Gasteiger partial charge in [-0.3, -0.25) is 9.78 Å². The third kappa shape index (κ3) is 2.07. The lowest BCUT2D eigenvalue weighted by Gasteiger charge is -2.40. The van der Waals surface area contributed by atoms with Crippen molar-refractivity contribution in [1.82, 2.24) is 10.3 Å². The Hall–Kier alpha value is -1.42. The molecule has 4 nitrogen and oxygen atoms in total. The SMILES string of the molecule is Cc1ccc(C(=O)NC2(CO)CCC2)cn1. The Morgan fingerprint density at radius 2 is 2.31 bits per heavy atom. The van der Waals surface area contributed by atoms with Gasteiger partial charge in [0.05, 0.1) is 17.7 Å². The van der Waals surface area contributed by atoms with E-state index in [1.54, 1.807) is 18.3 Å². The molecule has 2 N–H and O–H groups in total. The van der Waals surface area contributed by atoms with Crippen LogP contribution in [0.3, 0.4) is 0 Å². The summed E-state index contributed by atoms with van der Waals surface area (Å²) >= 11 is 0. The molecule has 0 bridgehead atoms. The highest BCUT2D eigenvalue weighted by atomic mass is 16.3. The minimum Gasteiger partial charge on any atom is -0.394 e.